The van der Waals surface area contributed by atoms with Crippen molar-refractivity contribution >= 4 is 38.9 Å². The van der Waals surface area contributed by atoms with E-state index in [2.05, 4.69) is 258 Å². The van der Waals surface area contributed by atoms with Gasteiger partial charge in [0.2, 0.25) is 0 Å². The number of para-hydroxylation sites is 1. The molecular weight excluding hydrogens is 805 g/mol. The lowest BCUT2D eigenvalue weighted by Gasteiger charge is -2.30. The second kappa shape index (κ2) is 16.6. The lowest BCUT2D eigenvalue weighted by Crippen LogP contribution is -2.27. The molecule has 3 heterocycles. The molecule has 9 aromatic rings. The molecular formula is C61H58N4O. The van der Waals surface area contributed by atoms with Gasteiger partial charge in [-0.1, -0.05) is 171 Å². The van der Waals surface area contributed by atoms with Crippen LogP contribution in [-0.2, 0) is 16.2 Å². The monoisotopic (exact) mass is 862 g/mol. The van der Waals surface area contributed by atoms with Crippen molar-refractivity contribution in [3.63, 3.8) is 0 Å². The Labute approximate surface area is 390 Å². The largest absolute Gasteiger partial charge is 0.457 e. The van der Waals surface area contributed by atoms with Crippen LogP contribution in [0, 0.1) is 0 Å². The highest BCUT2D eigenvalue weighted by molar-refractivity contribution is 6.09. The van der Waals surface area contributed by atoms with Gasteiger partial charge < -0.3 is 14.5 Å². The zero-order chi connectivity index (χ0) is 45.8. The zero-order valence-corrected chi connectivity index (χ0v) is 39.4. The molecule has 10 rings (SSSR count). The number of hydrogen-bond donors (Lipinski definition) is 0. The Hall–Kier alpha value is -7.37. The first kappa shape index (κ1) is 42.6. The quantitative estimate of drug-likeness (QED) is 0.145. The normalized spacial score (nSPS) is 13.4. The molecule has 328 valence electrons. The number of benzene rings is 7. The van der Waals surface area contributed by atoms with Crippen LogP contribution < -0.4 is 14.5 Å². The molecule has 7 aromatic carbocycles. The van der Waals surface area contributed by atoms with Gasteiger partial charge in [-0.05, 0) is 104 Å². The van der Waals surface area contributed by atoms with Crippen molar-refractivity contribution in [1.82, 2.24) is 9.55 Å². The van der Waals surface area contributed by atoms with E-state index in [0.717, 1.165) is 61.9 Å². The molecule has 0 N–H and O–H groups in total. The Kier molecular flexibility index (Phi) is 10.7. The van der Waals surface area contributed by atoms with Crippen molar-refractivity contribution in [2.75, 3.05) is 16.5 Å². The van der Waals surface area contributed by atoms with E-state index in [9.17, 15) is 0 Å². The number of pyridine rings is 1. The lowest BCUT2D eigenvalue weighted by atomic mass is 9.78. The summed E-state index contributed by atoms with van der Waals surface area (Å²) in [6.45, 7) is 18.9. The number of ether oxygens (including phenoxy) is 1. The van der Waals surface area contributed by atoms with Crippen LogP contribution in [0.1, 0.15) is 83.2 Å². The summed E-state index contributed by atoms with van der Waals surface area (Å²) >= 11 is 0. The van der Waals surface area contributed by atoms with Gasteiger partial charge in [0, 0.05) is 52.1 Å². The maximum Gasteiger partial charge on any atom is 0.137 e. The Bertz CT molecular complexity index is 3240. The van der Waals surface area contributed by atoms with Gasteiger partial charge in [-0.3, -0.25) is 4.57 Å². The molecule has 0 fully saturated rings. The molecule has 0 bridgehead atoms. The third kappa shape index (κ3) is 8.15. The highest BCUT2D eigenvalue weighted by Crippen LogP contribution is 2.43. The highest BCUT2D eigenvalue weighted by atomic mass is 16.5. The molecule has 5 nitrogen and oxygen atoms in total. The van der Waals surface area contributed by atoms with Crippen molar-refractivity contribution in [2.24, 2.45) is 0 Å². The second-order valence-electron chi connectivity index (χ2n) is 20.3. The first-order chi connectivity index (χ1) is 31.7. The third-order valence-electron chi connectivity index (χ3n) is 13.3. The summed E-state index contributed by atoms with van der Waals surface area (Å²) < 4.78 is 9.38. The zero-order valence-electron chi connectivity index (χ0n) is 39.4. The van der Waals surface area contributed by atoms with Crippen LogP contribution in [0.2, 0.25) is 0 Å². The first-order valence-corrected chi connectivity index (χ1v) is 23.1. The van der Waals surface area contributed by atoms with Crippen LogP contribution in [0.3, 0.4) is 0 Å². The topological polar surface area (TPSA) is 33.5 Å². The molecule has 0 amide bonds. The number of aromatic nitrogens is 2. The molecule has 0 aliphatic carbocycles. The van der Waals surface area contributed by atoms with E-state index in [4.69, 9.17) is 9.72 Å². The van der Waals surface area contributed by atoms with Crippen molar-refractivity contribution in [3.8, 4) is 28.4 Å². The molecule has 0 radical (unpaired) electrons. The smallest absolute Gasteiger partial charge is 0.137 e. The Morgan fingerprint density at radius 2 is 1.09 bits per heavy atom. The molecule has 66 heavy (non-hydrogen) atoms. The average Bonchev–Trinajstić information content (AvgIpc) is 3.92. The number of nitrogens with zero attached hydrogens (tertiary/aromatic N) is 4. The van der Waals surface area contributed by atoms with E-state index in [0.29, 0.717) is 6.67 Å². The van der Waals surface area contributed by atoms with E-state index in [1.807, 2.05) is 6.20 Å². The summed E-state index contributed by atoms with van der Waals surface area (Å²) in [5.74, 6) is 2.42. The van der Waals surface area contributed by atoms with Crippen molar-refractivity contribution in [2.45, 2.75) is 71.6 Å². The van der Waals surface area contributed by atoms with Gasteiger partial charge in [0.1, 0.15) is 17.3 Å². The third-order valence-corrected chi connectivity index (χ3v) is 13.3. The van der Waals surface area contributed by atoms with Crippen LogP contribution in [-0.4, -0.2) is 16.2 Å². The van der Waals surface area contributed by atoms with Gasteiger partial charge in [0.05, 0.1) is 23.4 Å². The predicted octanol–water partition coefficient (Wildman–Crippen LogP) is 15.8. The standard InChI is InChI=1S/C61H58N4O/c1-59(2,3)46-30-31-62-58(37-46)65-55-27-19-18-26-53(55)54-29-28-51(39-56(54)65)66-52-36-48(61(7,8)45-24-16-11-17-25-45)35-50(38-52)64-41-63(40-57(64)43-22-14-10-15-23-43)49-33-44(42-20-12-9-13-21-42)32-47(34-49)60(4,5)6/h9-40H,41H2,1-8H3. The summed E-state index contributed by atoms with van der Waals surface area (Å²) in [5.41, 5.74) is 13.6. The van der Waals surface area contributed by atoms with E-state index in [-0.39, 0.29) is 16.2 Å². The predicted molar refractivity (Wildman–Crippen MR) is 277 cm³/mol. The Morgan fingerprint density at radius 1 is 0.455 bits per heavy atom. The van der Waals surface area contributed by atoms with Crippen LogP contribution in [0.4, 0.5) is 11.4 Å². The van der Waals surface area contributed by atoms with Gasteiger partial charge in [-0.15, -0.1) is 0 Å². The molecule has 2 aromatic heterocycles. The fourth-order valence-corrected chi connectivity index (χ4v) is 9.29. The highest BCUT2D eigenvalue weighted by Gasteiger charge is 2.30. The molecule has 1 aliphatic rings. The summed E-state index contributed by atoms with van der Waals surface area (Å²) in [6, 6.07) is 65.5. The summed E-state index contributed by atoms with van der Waals surface area (Å²) in [6.07, 6.45) is 4.25. The van der Waals surface area contributed by atoms with Crippen LogP contribution in [0.5, 0.6) is 11.5 Å². The van der Waals surface area contributed by atoms with E-state index >= 15 is 0 Å². The maximum absolute atomic E-state index is 7.10. The summed E-state index contributed by atoms with van der Waals surface area (Å²) in [7, 11) is 0. The van der Waals surface area contributed by atoms with Crippen LogP contribution >= 0.6 is 0 Å². The molecule has 0 saturated carbocycles. The Morgan fingerprint density at radius 3 is 1.80 bits per heavy atom. The lowest BCUT2D eigenvalue weighted by molar-refractivity contribution is 0.480. The molecule has 0 saturated heterocycles. The number of hydrogen-bond acceptors (Lipinski definition) is 4. The maximum atomic E-state index is 7.10. The molecule has 5 heteroatoms. The van der Waals surface area contributed by atoms with Crippen molar-refractivity contribution < 1.29 is 4.74 Å². The minimum Gasteiger partial charge on any atom is -0.457 e. The fraction of sp³-hybridized carbons (Fsp3) is 0.197. The minimum absolute atomic E-state index is 0.0233. The van der Waals surface area contributed by atoms with Crippen molar-refractivity contribution in [1.29, 1.82) is 0 Å². The van der Waals surface area contributed by atoms with Crippen molar-refractivity contribution in [3.05, 3.63) is 222 Å². The Balaban J connectivity index is 1.11. The van der Waals surface area contributed by atoms with Gasteiger partial charge in [0.25, 0.3) is 0 Å². The fourth-order valence-electron chi connectivity index (χ4n) is 9.29. The molecule has 0 atom stereocenters. The van der Waals surface area contributed by atoms with Crippen LogP contribution in [0.25, 0.3) is 44.4 Å². The molecule has 1 aliphatic heterocycles. The molecule has 0 unspecified atom stereocenters. The van der Waals surface area contributed by atoms with Gasteiger partial charge in [-0.2, -0.15) is 0 Å². The van der Waals surface area contributed by atoms with E-state index < -0.39 is 0 Å². The van der Waals surface area contributed by atoms with Gasteiger partial charge in [0.15, 0.2) is 0 Å². The molecule has 0 spiro atoms. The van der Waals surface area contributed by atoms with Crippen LogP contribution in [0.15, 0.2) is 194 Å². The van der Waals surface area contributed by atoms with Gasteiger partial charge >= 0.3 is 0 Å². The number of anilines is 2. The average molecular weight is 863 g/mol. The first-order valence-electron chi connectivity index (χ1n) is 23.1. The second-order valence-corrected chi connectivity index (χ2v) is 20.3. The summed E-state index contributed by atoms with van der Waals surface area (Å²) in [4.78, 5) is 9.77. The number of fused-ring (bicyclic) bond motifs is 3. The van der Waals surface area contributed by atoms with E-state index in [1.54, 1.807) is 0 Å². The minimum atomic E-state index is -0.336. The number of rotatable bonds is 9. The summed E-state index contributed by atoms with van der Waals surface area (Å²) in [5, 5.41) is 2.33. The van der Waals surface area contributed by atoms with E-state index in [1.165, 1.54) is 33.2 Å². The van der Waals surface area contributed by atoms with Gasteiger partial charge in [-0.25, -0.2) is 4.98 Å². The SMILES string of the molecule is CC(C)(C)c1cc(-c2ccccc2)cc(N2C=C(c3ccccc3)N(c3cc(Oc4ccc5c6ccccc6n(-c6cc(C(C)(C)C)ccn6)c5c4)cc(C(C)(C)c4ccccc4)c3)C2)c1.